The molecule has 6 nitrogen and oxygen atoms in total. The lowest BCUT2D eigenvalue weighted by Gasteiger charge is -2.15. The number of aromatic nitrogens is 4. The monoisotopic (exact) mass is 339 g/mol. The van der Waals surface area contributed by atoms with Gasteiger partial charge in [-0.3, -0.25) is 14.2 Å². The Labute approximate surface area is 126 Å². The lowest BCUT2D eigenvalue weighted by Crippen LogP contribution is -2.32. The van der Waals surface area contributed by atoms with Crippen LogP contribution in [0.5, 0.6) is 0 Å². The van der Waals surface area contributed by atoms with Gasteiger partial charge in [-0.15, -0.1) is 0 Å². The van der Waals surface area contributed by atoms with E-state index in [2.05, 4.69) is 31.4 Å². The highest BCUT2D eigenvalue weighted by molar-refractivity contribution is 9.10. The smallest absolute Gasteiger partial charge is 0.245 e. The fourth-order valence-electron chi connectivity index (χ4n) is 2.10. The second-order valence-electron chi connectivity index (χ2n) is 4.68. The molecule has 20 heavy (non-hydrogen) atoms. The number of rotatable bonds is 5. The van der Waals surface area contributed by atoms with Crippen LogP contribution in [0.2, 0.25) is 0 Å². The molecule has 1 amide bonds. The molecule has 1 unspecified atom stereocenters. The van der Waals surface area contributed by atoms with Crippen molar-refractivity contribution in [3.63, 3.8) is 0 Å². The Morgan fingerprint density at radius 1 is 1.55 bits per heavy atom. The molecule has 0 saturated carbocycles. The van der Waals surface area contributed by atoms with E-state index in [0.717, 1.165) is 15.9 Å². The van der Waals surface area contributed by atoms with Gasteiger partial charge >= 0.3 is 0 Å². The molecule has 0 aliphatic heterocycles. The Balaban J connectivity index is 2.01. The highest BCUT2D eigenvalue weighted by Crippen LogP contribution is 2.15. The Hall–Kier alpha value is -1.63. The van der Waals surface area contributed by atoms with E-state index >= 15 is 0 Å². The van der Waals surface area contributed by atoms with Crippen LogP contribution in [-0.4, -0.2) is 25.5 Å². The Morgan fingerprint density at radius 3 is 2.80 bits per heavy atom. The third kappa shape index (κ3) is 3.27. The topological polar surface area (TPSA) is 64.7 Å². The number of aryl methyl sites for hydroxylation is 2. The zero-order chi connectivity index (χ0) is 14.7. The van der Waals surface area contributed by atoms with Crippen molar-refractivity contribution in [2.75, 3.05) is 0 Å². The van der Waals surface area contributed by atoms with Crippen LogP contribution in [0.4, 0.5) is 0 Å². The fourth-order valence-corrected chi connectivity index (χ4v) is 2.40. The minimum absolute atomic E-state index is 0.0399. The lowest BCUT2D eigenvalue weighted by molar-refractivity contribution is -0.124. The maximum absolute atomic E-state index is 12.3. The molecule has 0 aliphatic rings. The first-order chi connectivity index (χ1) is 9.51. The third-order valence-corrected chi connectivity index (χ3v) is 3.53. The maximum atomic E-state index is 12.3. The molecule has 0 radical (unpaired) electrons. The molecule has 0 bridgehead atoms. The van der Waals surface area contributed by atoms with Crippen molar-refractivity contribution in [2.24, 2.45) is 7.05 Å². The molecule has 7 heteroatoms. The number of hydrogen-bond acceptors (Lipinski definition) is 3. The lowest BCUT2D eigenvalue weighted by atomic mass is 10.2. The Morgan fingerprint density at radius 2 is 2.30 bits per heavy atom. The van der Waals surface area contributed by atoms with Crippen molar-refractivity contribution >= 4 is 21.8 Å². The molecule has 0 fully saturated rings. The van der Waals surface area contributed by atoms with E-state index in [4.69, 9.17) is 0 Å². The molecule has 2 rings (SSSR count). The van der Waals surface area contributed by atoms with E-state index in [9.17, 15) is 4.79 Å². The minimum atomic E-state index is -0.296. The largest absolute Gasteiger partial charge is 0.349 e. The van der Waals surface area contributed by atoms with Gasteiger partial charge in [-0.2, -0.15) is 10.2 Å². The van der Waals surface area contributed by atoms with Crippen molar-refractivity contribution < 1.29 is 4.79 Å². The molecule has 0 saturated heterocycles. The van der Waals surface area contributed by atoms with Gasteiger partial charge in [0.05, 0.1) is 28.6 Å². The quantitative estimate of drug-likeness (QED) is 0.905. The average Bonchev–Trinajstić information content (AvgIpc) is 2.94. The second kappa shape index (κ2) is 6.21. The van der Waals surface area contributed by atoms with Gasteiger partial charge in [-0.05, 0) is 35.3 Å². The molecule has 2 aromatic rings. The summed E-state index contributed by atoms with van der Waals surface area (Å²) >= 11 is 3.34. The molecular formula is C13H18BrN5O. The number of carbonyl (C=O) groups is 1. The van der Waals surface area contributed by atoms with E-state index < -0.39 is 0 Å². The van der Waals surface area contributed by atoms with Gasteiger partial charge in [-0.25, -0.2) is 0 Å². The summed E-state index contributed by atoms with van der Waals surface area (Å²) in [7, 11) is 1.87. The number of amides is 1. The van der Waals surface area contributed by atoms with E-state index in [1.54, 1.807) is 15.6 Å². The molecule has 1 N–H and O–H groups in total. The summed E-state index contributed by atoms with van der Waals surface area (Å²) in [6.45, 7) is 4.37. The fraction of sp³-hybridized carbons (Fsp3) is 0.462. The van der Waals surface area contributed by atoms with E-state index in [1.807, 2.05) is 33.2 Å². The van der Waals surface area contributed by atoms with Crippen molar-refractivity contribution in [2.45, 2.75) is 32.9 Å². The van der Waals surface area contributed by atoms with E-state index in [1.165, 1.54) is 0 Å². The number of nitrogens with zero attached hydrogens (tertiary/aromatic N) is 4. The van der Waals surface area contributed by atoms with Crippen LogP contribution in [0.15, 0.2) is 22.9 Å². The van der Waals surface area contributed by atoms with Gasteiger partial charge in [0.15, 0.2) is 0 Å². The highest BCUT2D eigenvalue weighted by Gasteiger charge is 2.19. The number of carbonyl (C=O) groups excluding carboxylic acids is 1. The predicted octanol–water partition coefficient (Wildman–Crippen LogP) is 1.96. The van der Waals surface area contributed by atoms with Crippen LogP contribution in [0, 0.1) is 6.92 Å². The molecule has 1 atom stereocenters. The van der Waals surface area contributed by atoms with Gasteiger partial charge < -0.3 is 5.32 Å². The molecule has 2 heterocycles. The molecule has 0 aliphatic carbocycles. The van der Waals surface area contributed by atoms with Crippen LogP contribution in [0.25, 0.3) is 0 Å². The summed E-state index contributed by atoms with van der Waals surface area (Å²) in [5.74, 6) is -0.0399. The van der Waals surface area contributed by atoms with Crippen molar-refractivity contribution in [3.05, 3.63) is 34.3 Å². The van der Waals surface area contributed by atoms with E-state index in [0.29, 0.717) is 13.0 Å². The van der Waals surface area contributed by atoms with Crippen LogP contribution in [0.3, 0.4) is 0 Å². The van der Waals surface area contributed by atoms with Gasteiger partial charge in [0.1, 0.15) is 6.04 Å². The Bertz CT molecular complexity index is 604. The summed E-state index contributed by atoms with van der Waals surface area (Å²) in [6.07, 6.45) is 4.17. The standard InChI is InChI=1S/C13H18BrN5O/c1-4-12(19-8-10(14)6-16-19)13(20)15-7-11-5-9(2)17-18(11)3/h5-6,8,12H,4,7H2,1-3H3,(H,15,20). The Kier molecular flexibility index (Phi) is 4.59. The van der Waals surface area contributed by atoms with E-state index in [-0.39, 0.29) is 11.9 Å². The number of nitrogens with one attached hydrogen (secondary N) is 1. The summed E-state index contributed by atoms with van der Waals surface area (Å²) in [5.41, 5.74) is 1.92. The van der Waals surface area contributed by atoms with Crippen LogP contribution >= 0.6 is 15.9 Å². The molecule has 108 valence electrons. The van der Waals surface area contributed by atoms with Crippen molar-refractivity contribution in [1.29, 1.82) is 0 Å². The van der Waals surface area contributed by atoms with Crippen molar-refractivity contribution in [1.82, 2.24) is 24.9 Å². The predicted molar refractivity (Wildman–Crippen MR) is 79.0 cm³/mol. The third-order valence-electron chi connectivity index (χ3n) is 3.12. The number of hydrogen-bond donors (Lipinski definition) is 1. The second-order valence-corrected chi connectivity index (χ2v) is 5.60. The first-order valence-corrected chi connectivity index (χ1v) is 7.27. The van der Waals surface area contributed by atoms with Gasteiger partial charge in [0, 0.05) is 13.2 Å². The van der Waals surface area contributed by atoms with Gasteiger partial charge in [0.25, 0.3) is 0 Å². The summed E-state index contributed by atoms with van der Waals surface area (Å²) in [5, 5.41) is 11.4. The SMILES string of the molecule is CCC(C(=O)NCc1cc(C)nn1C)n1cc(Br)cn1. The van der Waals surface area contributed by atoms with Crippen LogP contribution in [-0.2, 0) is 18.4 Å². The summed E-state index contributed by atoms with van der Waals surface area (Å²) in [6, 6.07) is 1.67. The van der Waals surface area contributed by atoms with Crippen LogP contribution < -0.4 is 5.32 Å². The van der Waals surface area contributed by atoms with Crippen LogP contribution in [0.1, 0.15) is 30.8 Å². The molecule has 0 aromatic carbocycles. The van der Waals surface area contributed by atoms with Crippen molar-refractivity contribution in [3.8, 4) is 0 Å². The van der Waals surface area contributed by atoms with Gasteiger partial charge in [0.2, 0.25) is 5.91 Å². The molecule has 0 spiro atoms. The summed E-state index contributed by atoms with van der Waals surface area (Å²) < 4.78 is 4.32. The molecule has 2 aromatic heterocycles. The minimum Gasteiger partial charge on any atom is -0.349 e. The first kappa shape index (κ1) is 14.8. The zero-order valence-electron chi connectivity index (χ0n) is 11.8. The number of halogens is 1. The normalized spacial score (nSPS) is 12.4. The zero-order valence-corrected chi connectivity index (χ0v) is 13.4. The first-order valence-electron chi connectivity index (χ1n) is 6.48. The van der Waals surface area contributed by atoms with Gasteiger partial charge in [-0.1, -0.05) is 6.92 Å². The summed E-state index contributed by atoms with van der Waals surface area (Å²) in [4.78, 5) is 12.3. The average molecular weight is 340 g/mol. The molecular weight excluding hydrogens is 322 g/mol. The maximum Gasteiger partial charge on any atom is 0.245 e. The highest BCUT2D eigenvalue weighted by atomic mass is 79.9.